The Morgan fingerprint density at radius 3 is 2.42 bits per heavy atom. The maximum Gasteiger partial charge on any atom is 0.139 e. The maximum atomic E-state index is 14.7. The molecule has 1 aliphatic heterocycles. The van der Waals surface area contributed by atoms with E-state index >= 15 is 0 Å². The Balaban J connectivity index is 2.36. The molecule has 3 nitrogen and oxygen atoms in total. The van der Waals surface area contributed by atoms with Gasteiger partial charge in [0, 0.05) is 11.6 Å². The van der Waals surface area contributed by atoms with Crippen molar-refractivity contribution in [1.29, 1.82) is 5.26 Å². The van der Waals surface area contributed by atoms with Crippen LogP contribution in [0.2, 0.25) is 0 Å². The summed E-state index contributed by atoms with van der Waals surface area (Å²) in [5, 5.41) is 9.62. The molecule has 0 saturated carbocycles. The molecule has 0 saturated heterocycles. The Kier molecular flexibility index (Phi) is 3.98. The lowest BCUT2D eigenvalue weighted by molar-refractivity contribution is 0.149. The number of halogens is 2. The highest BCUT2D eigenvalue weighted by atomic mass is 32.1. The maximum absolute atomic E-state index is 14.7. The van der Waals surface area contributed by atoms with Crippen LogP contribution in [0.15, 0.2) is 42.0 Å². The highest BCUT2D eigenvalue weighted by molar-refractivity contribution is 7.81. The van der Waals surface area contributed by atoms with E-state index in [0.717, 1.165) is 0 Å². The average molecular weight is 344 g/mol. The quantitative estimate of drug-likeness (QED) is 0.775. The van der Waals surface area contributed by atoms with E-state index < -0.39 is 17.2 Å². The van der Waals surface area contributed by atoms with Crippen LogP contribution in [0, 0.1) is 23.0 Å². The number of hydrogen-bond acceptors (Lipinski definition) is 4. The number of ether oxygens (including phenoxy) is 1. The molecule has 0 atom stereocenters. The molecule has 6 heteroatoms. The van der Waals surface area contributed by atoms with E-state index in [-0.39, 0.29) is 11.1 Å². The fraction of sp³-hybridized carbons (Fsp3) is 0.167. The van der Waals surface area contributed by atoms with Gasteiger partial charge in [-0.3, -0.25) is 0 Å². The summed E-state index contributed by atoms with van der Waals surface area (Å²) >= 11 is 3.93. The number of benzene rings is 2. The molecule has 2 aromatic carbocycles. The molecular formula is C18H14F2N2OS. The van der Waals surface area contributed by atoms with Crippen molar-refractivity contribution in [3.8, 4) is 11.8 Å². The van der Waals surface area contributed by atoms with Crippen molar-refractivity contribution in [2.24, 2.45) is 0 Å². The smallest absolute Gasteiger partial charge is 0.139 e. The number of hydrogen-bond donors (Lipinski definition) is 2. The lowest BCUT2D eigenvalue weighted by Crippen LogP contribution is -2.34. The molecule has 3 rings (SSSR count). The minimum absolute atomic E-state index is 0.185. The van der Waals surface area contributed by atoms with Crippen LogP contribution in [-0.4, -0.2) is 5.60 Å². The highest BCUT2D eigenvalue weighted by Gasteiger charge is 2.37. The molecule has 0 bridgehead atoms. The Hall–Kier alpha value is -2.52. The molecule has 24 heavy (non-hydrogen) atoms. The topological polar surface area (TPSA) is 45.0 Å². The van der Waals surface area contributed by atoms with Crippen LogP contribution in [0.4, 0.5) is 14.5 Å². The fourth-order valence-electron chi connectivity index (χ4n) is 2.82. The van der Waals surface area contributed by atoms with Crippen LogP contribution >= 0.6 is 12.8 Å². The molecule has 0 radical (unpaired) electrons. The first-order valence-corrected chi connectivity index (χ1v) is 7.66. The molecule has 122 valence electrons. The van der Waals surface area contributed by atoms with Gasteiger partial charge < -0.3 is 9.46 Å². The molecule has 0 aromatic heterocycles. The third kappa shape index (κ3) is 2.61. The number of fused-ring (bicyclic) bond motifs is 1. The molecule has 0 fully saturated rings. The molecule has 0 aliphatic carbocycles. The predicted molar refractivity (Wildman–Crippen MR) is 91.8 cm³/mol. The SMILES string of the molecule is CC1(C)Oc2cc(NS)cc(F)c2C(c2ccc(F)cc2)=C1C#N. The Morgan fingerprint density at radius 1 is 1.17 bits per heavy atom. The summed E-state index contributed by atoms with van der Waals surface area (Å²) in [7, 11) is 0. The summed E-state index contributed by atoms with van der Waals surface area (Å²) in [6.07, 6.45) is 0. The van der Waals surface area contributed by atoms with Crippen LogP contribution in [0.3, 0.4) is 0 Å². The van der Waals surface area contributed by atoms with Crippen LogP contribution in [0.5, 0.6) is 5.75 Å². The molecule has 1 N–H and O–H groups in total. The Bertz CT molecular complexity index is 883. The molecule has 0 spiro atoms. The number of thiol groups is 1. The van der Waals surface area contributed by atoms with Crippen LogP contribution in [-0.2, 0) is 0 Å². The van der Waals surface area contributed by atoms with Crippen molar-refractivity contribution in [3.63, 3.8) is 0 Å². The summed E-state index contributed by atoms with van der Waals surface area (Å²) < 4.78 is 36.4. The first kappa shape index (κ1) is 16.3. The van der Waals surface area contributed by atoms with Crippen molar-refractivity contribution in [1.82, 2.24) is 0 Å². The van der Waals surface area contributed by atoms with Crippen molar-refractivity contribution in [3.05, 3.63) is 64.7 Å². The second-order valence-electron chi connectivity index (χ2n) is 5.92. The first-order valence-electron chi connectivity index (χ1n) is 7.21. The lowest BCUT2D eigenvalue weighted by atomic mass is 9.83. The van der Waals surface area contributed by atoms with E-state index in [4.69, 9.17) is 4.74 Å². The molecule has 0 unspecified atom stereocenters. The van der Waals surface area contributed by atoms with Crippen molar-refractivity contribution >= 4 is 24.1 Å². The van der Waals surface area contributed by atoms with Crippen molar-refractivity contribution in [2.75, 3.05) is 4.72 Å². The zero-order valence-electron chi connectivity index (χ0n) is 13.0. The number of nitrogens with one attached hydrogen (secondary N) is 1. The summed E-state index contributed by atoms with van der Waals surface area (Å²) in [6, 6.07) is 10.6. The third-order valence-corrected chi connectivity index (χ3v) is 4.15. The number of anilines is 1. The van der Waals surface area contributed by atoms with Gasteiger partial charge in [0.15, 0.2) is 0 Å². The van der Waals surface area contributed by atoms with Gasteiger partial charge in [-0.25, -0.2) is 8.78 Å². The van der Waals surface area contributed by atoms with Gasteiger partial charge in [-0.05, 0) is 37.6 Å². The normalized spacial score (nSPS) is 15.3. The zero-order valence-corrected chi connectivity index (χ0v) is 13.9. The largest absolute Gasteiger partial charge is 0.482 e. The summed E-state index contributed by atoms with van der Waals surface area (Å²) in [5.74, 6) is -0.652. The van der Waals surface area contributed by atoms with Gasteiger partial charge in [-0.2, -0.15) is 5.26 Å². The van der Waals surface area contributed by atoms with E-state index in [0.29, 0.717) is 22.6 Å². The van der Waals surface area contributed by atoms with E-state index in [9.17, 15) is 14.0 Å². The molecule has 1 aliphatic rings. The van der Waals surface area contributed by atoms with Gasteiger partial charge >= 0.3 is 0 Å². The van der Waals surface area contributed by atoms with Crippen LogP contribution in [0.1, 0.15) is 25.0 Å². The molecule has 0 amide bonds. The number of nitrogens with zero attached hydrogens (tertiary/aromatic N) is 1. The van der Waals surface area contributed by atoms with Gasteiger partial charge in [0.1, 0.15) is 23.0 Å². The summed E-state index contributed by atoms with van der Waals surface area (Å²) in [4.78, 5) is 0. The van der Waals surface area contributed by atoms with Crippen LogP contribution < -0.4 is 9.46 Å². The van der Waals surface area contributed by atoms with Crippen molar-refractivity contribution in [2.45, 2.75) is 19.4 Å². The summed E-state index contributed by atoms with van der Waals surface area (Å²) in [5.41, 5.74) is 0.914. The third-order valence-electron chi connectivity index (χ3n) is 3.90. The number of rotatable bonds is 2. The predicted octanol–water partition coefficient (Wildman–Crippen LogP) is 4.72. The Morgan fingerprint density at radius 2 is 1.83 bits per heavy atom. The van der Waals surface area contributed by atoms with Crippen molar-refractivity contribution < 1.29 is 13.5 Å². The van der Waals surface area contributed by atoms with Gasteiger partial charge in [-0.1, -0.05) is 24.9 Å². The lowest BCUT2D eigenvalue weighted by Gasteiger charge is -2.34. The molecule has 1 heterocycles. The minimum Gasteiger partial charge on any atom is -0.482 e. The highest BCUT2D eigenvalue weighted by Crippen LogP contribution is 2.46. The zero-order chi connectivity index (χ0) is 17.5. The van der Waals surface area contributed by atoms with E-state index in [2.05, 4.69) is 23.6 Å². The van der Waals surface area contributed by atoms with E-state index in [1.807, 2.05) is 0 Å². The van der Waals surface area contributed by atoms with Gasteiger partial charge in [-0.15, -0.1) is 0 Å². The minimum atomic E-state index is -0.951. The molecule has 2 aromatic rings. The average Bonchev–Trinajstić information content (AvgIpc) is 2.53. The Labute approximate surface area is 144 Å². The first-order chi connectivity index (χ1) is 11.4. The fourth-order valence-corrected chi connectivity index (χ4v) is 2.95. The summed E-state index contributed by atoms with van der Waals surface area (Å²) in [6.45, 7) is 3.47. The van der Waals surface area contributed by atoms with Gasteiger partial charge in [0.05, 0.1) is 22.9 Å². The standard InChI is InChI=1S/C18H14F2N2OS/c1-18(2)13(9-21)16(10-3-5-11(19)6-4-10)17-14(20)7-12(22-24)8-15(17)23-18/h3-8,22,24H,1-2H3. The van der Waals surface area contributed by atoms with Crippen LogP contribution in [0.25, 0.3) is 5.57 Å². The number of nitriles is 1. The van der Waals surface area contributed by atoms with E-state index in [1.54, 1.807) is 19.9 Å². The molecular weight excluding hydrogens is 330 g/mol. The monoisotopic (exact) mass is 344 g/mol. The van der Waals surface area contributed by atoms with E-state index in [1.165, 1.54) is 30.3 Å². The van der Waals surface area contributed by atoms with Gasteiger partial charge in [0.25, 0.3) is 0 Å². The van der Waals surface area contributed by atoms with Gasteiger partial charge in [0.2, 0.25) is 0 Å². The second-order valence-corrected chi connectivity index (χ2v) is 6.15. The second kappa shape index (κ2) is 5.84.